The lowest BCUT2D eigenvalue weighted by Gasteiger charge is -2.39. The Balaban J connectivity index is 2.11. The molecule has 1 aromatic carbocycles. The molecular formula is C14H19NO2S. The van der Waals surface area contributed by atoms with Crippen LogP contribution in [0.2, 0.25) is 0 Å². The third-order valence-electron chi connectivity index (χ3n) is 3.46. The summed E-state index contributed by atoms with van der Waals surface area (Å²) >= 11 is 1.86. The molecule has 1 saturated heterocycles. The van der Waals surface area contributed by atoms with Gasteiger partial charge >= 0.3 is 5.97 Å². The van der Waals surface area contributed by atoms with Crippen molar-refractivity contribution < 1.29 is 9.90 Å². The van der Waals surface area contributed by atoms with E-state index < -0.39 is 5.97 Å². The number of carboxylic acid groups (broad SMARTS) is 1. The fourth-order valence-electron chi connectivity index (χ4n) is 2.48. The highest BCUT2D eigenvalue weighted by Gasteiger charge is 2.29. The molecule has 2 rings (SSSR count). The number of carbonyl (C=O) groups is 1. The number of nitrogens with zero attached hydrogens (tertiary/aromatic N) is 1. The summed E-state index contributed by atoms with van der Waals surface area (Å²) in [5.41, 5.74) is 1.26. The highest BCUT2D eigenvalue weighted by molar-refractivity contribution is 7.99. The molecule has 0 saturated carbocycles. The Hall–Kier alpha value is -1.00. The zero-order valence-corrected chi connectivity index (χ0v) is 11.4. The minimum Gasteiger partial charge on any atom is -0.481 e. The molecule has 0 aliphatic carbocycles. The zero-order valence-electron chi connectivity index (χ0n) is 10.6. The monoisotopic (exact) mass is 265 g/mol. The first-order valence-electron chi connectivity index (χ1n) is 6.28. The molecule has 1 fully saturated rings. The quantitative estimate of drug-likeness (QED) is 0.908. The fourth-order valence-corrected chi connectivity index (χ4v) is 3.57. The summed E-state index contributed by atoms with van der Waals surface area (Å²) in [6.07, 6.45) is 0.240. The molecular weight excluding hydrogens is 246 g/mol. The van der Waals surface area contributed by atoms with Gasteiger partial charge in [-0.05, 0) is 12.5 Å². The van der Waals surface area contributed by atoms with E-state index >= 15 is 0 Å². The maximum atomic E-state index is 10.9. The van der Waals surface area contributed by atoms with Crippen molar-refractivity contribution in [2.45, 2.75) is 25.4 Å². The van der Waals surface area contributed by atoms with E-state index in [0.29, 0.717) is 0 Å². The van der Waals surface area contributed by atoms with Crippen LogP contribution in [0.4, 0.5) is 0 Å². The van der Waals surface area contributed by atoms with Crippen molar-refractivity contribution >= 4 is 17.7 Å². The van der Waals surface area contributed by atoms with Crippen LogP contribution in [-0.2, 0) is 4.79 Å². The van der Waals surface area contributed by atoms with Gasteiger partial charge in [-0.3, -0.25) is 9.69 Å². The van der Waals surface area contributed by atoms with Crippen molar-refractivity contribution in [1.29, 1.82) is 0 Å². The minimum absolute atomic E-state index is 0.149. The molecule has 1 N–H and O–H groups in total. The van der Waals surface area contributed by atoms with Crippen molar-refractivity contribution in [2.24, 2.45) is 0 Å². The molecule has 4 heteroatoms. The highest BCUT2D eigenvalue weighted by Crippen LogP contribution is 2.28. The number of aliphatic carboxylic acids is 1. The minimum atomic E-state index is -0.701. The van der Waals surface area contributed by atoms with Crippen LogP contribution in [0, 0.1) is 0 Å². The van der Waals surface area contributed by atoms with E-state index in [1.54, 1.807) is 0 Å². The van der Waals surface area contributed by atoms with Crippen LogP contribution in [-0.4, -0.2) is 40.1 Å². The molecule has 1 heterocycles. The molecule has 2 unspecified atom stereocenters. The molecule has 2 atom stereocenters. The second kappa shape index (κ2) is 6.25. The van der Waals surface area contributed by atoms with E-state index in [1.807, 2.05) is 30.0 Å². The van der Waals surface area contributed by atoms with E-state index in [4.69, 9.17) is 5.11 Å². The van der Waals surface area contributed by atoms with Gasteiger partial charge in [0.1, 0.15) is 0 Å². The van der Waals surface area contributed by atoms with Crippen LogP contribution in [0.3, 0.4) is 0 Å². The predicted molar refractivity (Wildman–Crippen MR) is 74.9 cm³/mol. The first-order chi connectivity index (χ1) is 8.68. The van der Waals surface area contributed by atoms with Crippen LogP contribution in [0.1, 0.15) is 24.9 Å². The third-order valence-corrected chi connectivity index (χ3v) is 4.55. The van der Waals surface area contributed by atoms with E-state index in [9.17, 15) is 4.79 Å². The van der Waals surface area contributed by atoms with Crippen LogP contribution >= 0.6 is 11.8 Å². The summed E-state index contributed by atoms with van der Waals surface area (Å²) in [4.78, 5) is 13.3. The van der Waals surface area contributed by atoms with Crippen molar-refractivity contribution in [1.82, 2.24) is 4.90 Å². The second-order valence-electron chi connectivity index (χ2n) is 4.65. The van der Waals surface area contributed by atoms with Gasteiger partial charge in [-0.1, -0.05) is 30.3 Å². The van der Waals surface area contributed by atoms with Gasteiger partial charge in [0.25, 0.3) is 0 Å². The van der Waals surface area contributed by atoms with Gasteiger partial charge in [0, 0.05) is 30.1 Å². The van der Waals surface area contributed by atoms with Crippen molar-refractivity contribution in [3.8, 4) is 0 Å². The second-order valence-corrected chi connectivity index (χ2v) is 5.80. The highest BCUT2D eigenvalue weighted by atomic mass is 32.2. The summed E-state index contributed by atoms with van der Waals surface area (Å²) in [6.45, 7) is 3.14. The Bertz CT molecular complexity index is 396. The van der Waals surface area contributed by atoms with E-state index in [0.717, 1.165) is 18.1 Å². The standard InChI is InChI=1S/C14H19NO2S/c1-11(12-5-3-2-4-6-12)15-7-8-18-10-13(15)9-14(16)17/h2-6,11,13H,7-10H2,1H3,(H,16,17). The lowest BCUT2D eigenvalue weighted by molar-refractivity contribution is -0.138. The molecule has 98 valence electrons. The Morgan fingerprint density at radius 1 is 1.50 bits per heavy atom. The van der Waals surface area contributed by atoms with Crippen LogP contribution in [0.25, 0.3) is 0 Å². The molecule has 3 nitrogen and oxygen atoms in total. The molecule has 1 aliphatic rings. The summed E-state index contributed by atoms with van der Waals surface area (Å²) in [5.74, 6) is 1.31. The third kappa shape index (κ3) is 3.27. The normalized spacial score (nSPS) is 22.6. The van der Waals surface area contributed by atoms with Gasteiger partial charge in [0.05, 0.1) is 6.42 Å². The van der Waals surface area contributed by atoms with Crippen molar-refractivity contribution in [3.05, 3.63) is 35.9 Å². The molecule has 0 amide bonds. The maximum absolute atomic E-state index is 10.9. The van der Waals surface area contributed by atoms with Crippen LogP contribution < -0.4 is 0 Å². The molecule has 0 aromatic heterocycles. The first-order valence-corrected chi connectivity index (χ1v) is 7.44. The average molecular weight is 265 g/mol. The summed E-state index contributed by atoms with van der Waals surface area (Å²) < 4.78 is 0. The van der Waals surface area contributed by atoms with Crippen molar-refractivity contribution in [3.63, 3.8) is 0 Å². The number of benzene rings is 1. The largest absolute Gasteiger partial charge is 0.481 e. The lowest BCUT2D eigenvalue weighted by atomic mass is 10.0. The Labute approximate surface area is 112 Å². The Morgan fingerprint density at radius 3 is 2.89 bits per heavy atom. The van der Waals surface area contributed by atoms with Gasteiger partial charge in [-0.25, -0.2) is 0 Å². The summed E-state index contributed by atoms with van der Waals surface area (Å²) in [7, 11) is 0. The average Bonchev–Trinajstić information content (AvgIpc) is 2.39. The summed E-state index contributed by atoms with van der Waals surface area (Å²) in [5, 5.41) is 9.00. The SMILES string of the molecule is CC(c1ccccc1)N1CCSCC1CC(=O)O. The predicted octanol–water partition coefficient (Wildman–Crippen LogP) is 2.64. The molecule has 18 heavy (non-hydrogen) atoms. The zero-order chi connectivity index (χ0) is 13.0. The number of carboxylic acids is 1. The van der Waals surface area contributed by atoms with Gasteiger partial charge in [-0.15, -0.1) is 0 Å². The molecule has 1 aromatic rings. The smallest absolute Gasteiger partial charge is 0.304 e. The fraction of sp³-hybridized carbons (Fsp3) is 0.500. The van der Waals surface area contributed by atoms with Gasteiger partial charge in [0.2, 0.25) is 0 Å². The van der Waals surface area contributed by atoms with E-state index in [-0.39, 0.29) is 18.5 Å². The lowest BCUT2D eigenvalue weighted by Crippen LogP contribution is -2.44. The first kappa shape index (κ1) is 13.4. The van der Waals surface area contributed by atoms with Gasteiger partial charge < -0.3 is 5.11 Å². The molecule has 0 spiro atoms. The topological polar surface area (TPSA) is 40.5 Å². The number of hydrogen-bond donors (Lipinski definition) is 1. The van der Waals surface area contributed by atoms with Gasteiger partial charge in [0.15, 0.2) is 0 Å². The molecule has 0 radical (unpaired) electrons. The van der Waals surface area contributed by atoms with Crippen LogP contribution in [0.5, 0.6) is 0 Å². The Kier molecular flexibility index (Phi) is 4.66. The molecule has 0 bridgehead atoms. The number of hydrogen-bond acceptors (Lipinski definition) is 3. The maximum Gasteiger partial charge on any atom is 0.304 e. The number of thioether (sulfide) groups is 1. The van der Waals surface area contributed by atoms with Crippen LogP contribution in [0.15, 0.2) is 30.3 Å². The number of rotatable bonds is 4. The summed E-state index contributed by atoms with van der Waals surface area (Å²) in [6, 6.07) is 10.8. The van der Waals surface area contributed by atoms with Gasteiger partial charge in [-0.2, -0.15) is 11.8 Å². The van der Waals surface area contributed by atoms with E-state index in [1.165, 1.54) is 5.56 Å². The van der Waals surface area contributed by atoms with E-state index in [2.05, 4.69) is 24.0 Å². The Morgan fingerprint density at radius 2 is 2.22 bits per heavy atom. The van der Waals surface area contributed by atoms with Crippen molar-refractivity contribution in [2.75, 3.05) is 18.1 Å². The molecule has 1 aliphatic heterocycles.